The number of aliphatic hydroxyl groups is 1. The SMILES string of the molecule is O=C(NCCC=Cc1ccc(CO)cc1F)OCc1ccccc1. The molecule has 0 aromatic heterocycles. The molecule has 5 heteroatoms. The van der Waals surface area contributed by atoms with Gasteiger partial charge in [-0.15, -0.1) is 0 Å². The van der Waals surface area contributed by atoms with E-state index in [2.05, 4.69) is 5.32 Å². The van der Waals surface area contributed by atoms with Crippen molar-refractivity contribution < 1.29 is 19.0 Å². The number of hydrogen-bond acceptors (Lipinski definition) is 3. The lowest BCUT2D eigenvalue weighted by Crippen LogP contribution is -2.24. The number of hydrogen-bond donors (Lipinski definition) is 2. The zero-order valence-electron chi connectivity index (χ0n) is 13.2. The van der Waals surface area contributed by atoms with Crippen LogP contribution < -0.4 is 5.32 Å². The first-order chi connectivity index (χ1) is 11.7. The van der Waals surface area contributed by atoms with Gasteiger partial charge in [-0.1, -0.05) is 54.6 Å². The quantitative estimate of drug-likeness (QED) is 0.762. The summed E-state index contributed by atoms with van der Waals surface area (Å²) in [4.78, 5) is 11.5. The first-order valence-corrected chi connectivity index (χ1v) is 7.69. The molecule has 126 valence electrons. The van der Waals surface area contributed by atoms with Crippen LogP contribution in [0.3, 0.4) is 0 Å². The third kappa shape index (κ3) is 5.85. The van der Waals surface area contributed by atoms with Crippen molar-refractivity contribution in [3.05, 3.63) is 77.1 Å². The van der Waals surface area contributed by atoms with Gasteiger partial charge in [-0.3, -0.25) is 0 Å². The lowest BCUT2D eigenvalue weighted by molar-refractivity contribution is 0.140. The van der Waals surface area contributed by atoms with E-state index in [-0.39, 0.29) is 19.0 Å². The lowest BCUT2D eigenvalue weighted by Gasteiger charge is -2.06. The van der Waals surface area contributed by atoms with Gasteiger partial charge in [0, 0.05) is 12.1 Å². The Bertz CT molecular complexity index is 686. The third-order valence-electron chi connectivity index (χ3n) is 3.34. The highest BCUT2D eigenvalue weighted by Gasteiger charge is 2.02. The minimum absolute atomic E-state index is 0.185. The largest absolute Gasteiger partial charge is 0.445 e. The molecule has 2 aromatic rings. The van der Waals surface area contributed by atoms with Crippen LogP contribution in [0.25, 0.3) is 6.08 Å². The van der Waals surface area contributed by atoms with E-state index in [1.54, 1.807) is 24.3 Å². The average Bonchev–Trinajstić information content (AvgIpc) is 2.61. The molecule has 0 aliphatic heterocycles. The number of amides is 1. The molecule has 0 saturated heterocycles. The van der Waals surface area contributed by atoms with Crippen LogP contribution >= 0.6 is 0 Å². The van der Waals surface area contributed by atoms with Crippen LogP contribution in [0, 0.1) is 5.82 Å². The fourth-order valence-electron chi connectivity index (χ4n) is 2.05. The maximum atomic E-state index is 13.7. The lowest BCUT2D eigenvalue weighted by atomic mass is 10.1. The normalized spacial score (nSPS) is 10.8. The van der Waals surface area contributed by atoms with E-state index in [0.717, 1.165) is 5.56 Å². The van der Waals surface area contributed by atoms with E-state index in [9.17, 15) is 9.18 Å². The van der Waals surface area contributed by atoms with Crippen LogP contribution in [-0.4, -0.2) is 17.7 Å². The van der Waals surface area contributed by atoms with Gasteiger partial charge >= 0.3 is 6.09 Å². The Morgan fingerprint density at radius 1 is 1.17 bits per heavy atom. The second kappa shape index (κ2) is 9.47. The predicted molar refractivity (Wildman–Crippen MR) is 90.6 cm³/mol. The molecule has 0 unspecified atom stereocenters. The fraction of sp³-hybridized carbons (Fsp3) is 0.211. The minimum Gasteiger partial charge on any atom is -0.445 e. The van der Waals surface area contributed by atoms with Crippen LogP contribution in [0.4, 0.5) is 9.18 Å². The highest BCUT2D eigenvalue weighted by Crippen LogP contribution is 2.12. The van der Waals surface area contributed by atoms with Crippen molar-refractivity contribution in [3.63, 3.8) is 0 Å². The second-order valence-electron chi connectivity index (χ2n) is 5.19. The molecular weight excluding hydrogens is 309 g/mol. The molecule has 0 radical (unpaired) electrons. The average molecular weight is 329 g/mol. The number of rotatable bonds is 7. The van der Waals surface area contributed by atoms with Crippen molar-refractivity contribution in [2.45, 2.75) is 19.6 Å². The Hall–Kier alpha value is -2.66. The molecule has 0 aliphatic rings. The van der Waals surface area contributed by atoms with Crippen molar-refractivity contribution in [1.29, 1.82) is 0 Å². The zero-order valence-corrected chi connectivity index (χ0v) is 13.2. The second-order valence-corrected chi connectivity index (χ2v) is 5.19. The summed E-state index contributed by atoms with van der Waals surface area (Å²) in [6.45, 7) is 0.446. The van der Waals surface area contributed by atoms with Gasteiger partial charge in [0.05, 0.1) is 6.61 Å². The zero-order chi connectivity index (χ0) is 17.2. The van der Waals surface area contributed by atoms with E-state index >= 15 is 0 Å². The summed E-state index contributed by atoms with van der Waals surface area (Å²) in [7, 11) is 0. The van der Waals surface area contributed by atoms with Gasteiger partial charge in [0.1, 0.15) is 12.4 Å². The van der Waals surface area contributed by atoms with Gasteiger partial charge < -0.3 is 15.2 Å². The number of ether oxygens (including phenoxy) is 1. The van der Waals surface area contributed by atoms with E-state index < -0.39 is 6.09 Å². The molecule has 0 heterocycles. The molecule has 2 rings (SSSR count). The van der Waals surface area contributed by atoms with Crippen LogP contribution in [0.1, 0.15) is 23.1 Å². The molecule has 2 N–H and O–H groups in total. The number of benzene rings is 2. The van der Waals surface area contributed by atoms with Crippen molar-refractivity contribution in [2.75, 3.05) is 6.54 Å². The van der Waals surface area contributed by atoms with E-state index in [1.165, 1.54) is 6.07 Å². The molecule has 0 atom stereocenters. The standard InChI is InChI=1S/C19H20FNO3/c20-18-12-16(13-22)9-10-17(18)8-4-5-11-21-19(23)24-14-15-6-2-1-3-7-15/h1-4,6-10,12,22H,5,11,13-14H2,(H,21,23). The molecular formula is C19H20FNO3. The number of alkyl carbamates (subject to hydrolysis) is 1. The number of aliphatic hydroxyl groups excluding tert-OH is 1. The Labute approximate surface area is 140 Å². The van der Waals surface area contributed by atoms with Gasteiger partial charge in [-0.05, 0) is 23.6 Å². The number of nitrogens with one attached hydrogen (secondary N) is 1. The number of carbonyl (C=O) groups is 1. The molecule has 24 heavy (non-hydrogen) atoms. The molecule has 4 nitrogen and oxygen atoms in total. The number of carbonyl (C=O) groups excluding carboxylic acids is 1. The predicted octanol–water partition coefficient (Wildman–Crippen LogP) is 3.65. The molecule has 2 aromatic carbocycles. The molecule has 0 fully saturated rings. The Balaban J connectivity index is 1.67. The van der Waals surface area contributed by atoms with Crippen LogP contribution in [0.5, 0.6) is 0 Å². The van der Waals surface area contributed by atoms with Gasteiger partial charge in [0.25, 0.3) is 0 Å². The van der Waals surface area contributed by atoms with Crippen LogP contribution in [0.2, 0.25) is 0 Å². The highest BCUT2D eigenvalue weighted by molar-refractivity contribution is 5.67. The topological polar surface area (TPSA) is 58.6 Å². The molecule has 0 aliphatic carbocycles. The maximum absolute atomic E-state index is 13.7. The van der Waals surface area contributed by atoms with Crippen molar-refractivity contribution >= 4 is 12.2 Å². The summed E-state index contributed by atoms with van der Waals surface area (Å²) in [5, 5.41) is 11.6. The number of halogens is 1. The molecule has 0 saturated carbocycles. The summed E-state index contributed by atoms with van der Waals surface area (Å²) in [5.74, 6) is -0.381. The summed E-state index contributed by atoms with van der Waals surface area (Å²) in [6, 6.07) is 14.0. The van der Waals surface area contributed by atoms with Gasteiger partial charge in [0.2, 0.25) is 0 Å². The van der Waals surface area contributed by atoms with Gasteiger partial charge in [-0.25, -0.2) is 9.18 Å². The van der Waals surface area contributed by atoms with Crippen molar-refractivity contribution in [2.24, 2.45) is 0 Å². The Morgan fingerprint density at radius 3 is 2.67 bits per heavy atom. The van der Waals surface area contributed by atoms with Crippen molar-refractivity contribution in [3.8, 4) is 0 Å². The third-order valence-corrected chi connectivity index (χ3v) is 3.34. The Kier molecular flexibility index (Phi) is 6.98. The first kappa shape index (κ1) is 17.7. The smallest absolute Gasteiger partial charge is 0.407 e. The fourth-order valence-corrected chi connectivity index (χ4v) is 2.05. The van der Waals surface area contributed by atoms with E-state index in [4.69, 9.17) is 9.84 Å². The molecule has 0 spiro atoms. The van der Waals surface area contributed by atoms with E-state index in [1.807, 2.05) is 30.3 Å². The summed E-state index contributed by atoms with van der Waals surface area (Å²) in [5.41, 5.74) is 1.90. The van der Waals surface area contributed by atoms with Crippen LogP contribution in [-0.2, 0) is 18.0 Å². The molecule has 0 bridgehead atoms. The van der Waals surface area contributed by atoms with Gasteiger partial charge in [-0.2, -0.15) is 0 Å². The summed E-state index contributed by atoms with van der Waals surface area (Å²) in [6.07, 6.45) is 3.49. The maximum Gasteiger partial charge on any atom is 0.407 e. The minimum atomic E-state index is -0.481. The van der Waals surface area contributed by atoms with Gasteiger partial charge in [0.15, 0.2) is 0 Å². The van der Waals surface area contributed by atoms with E-state index in [0.29, 0.717) is 24.1 Å². The van der Waals surface area contributed by atoms with Crippen molar-refractivity contribution in [1.82, 2.24) is 5.32 Å². The monoisotopic (exact) mass is 329 g/mol. The highest BCUT2D eigenvalue weighted by atomic mass is 19.1. The van der Waals surface area contributed by atoms with Crippen LogP contribution in [0.15, 0.2) is 54.6 Å². The summed E-state index contributed by atoms with van der Waals surface area (Å²) >= 11 is 0. The Morgan fingerprint density at radius 2 is 1.96 bits per heavy atom. The molecule has 1 amide bonds. The summed E-state index contributed by atoms with van der Waals surface area (Å²) < 4.78 is 18.8. The first-order valence-electron chi connectivity index (χ1n) is 7.69.